The van der Waals surface area contributed by atoms with Crippen molar-refractivity contribution in [2.24, 2.45) is 5.10 Å². The molecule has 0 spiro atoms. The smallest absolute Gasteiger partial charge is 0.253 e. The highest BCUT2D eigenvalue weighted by Crippen LogP contribution is 2.21. The molecule has 0 unspecified atom stereocenters. The molecule has 3 heterocycles. The average molecular weight is 369 g/mol. The van der Waals surface area contributed by atoms with Crippen LogP contribution in [0.5, 0.6) is 0 Å². The van der Waals surface area contributed by atoms with E-state index in [4.69, 9.17) is 0 Å². The lowest BCUT2D eigenvalue weighted by molar-refractivity contribution is 0.0629. The van der Waals surface area contributed by atoms with Gasteiger partial charge in [-0.15, -0.1) is 11.3 Å². The van der Waals surface area contributed by atoms with Crippen LogP contribution < -0.4 is 5.01 Å². The number of nitrogens with zero attached hydrogens (tertiary/aromatic N) is 4. The number of rotatable bonds is 4. The fraction of sp³-hybridized carbons (Fsp3) is 0.400. The summed E-state index contributed by atoms with van der Waals surface area (Å²) in [6, 6.07) is 12.1. The van der Waals surface area contributed by atoms with Crippen molar-refractivity contribution in [2.75, 3.05) is 37.7 Å². The number of anilines is 1. The Hall–Kier alpha value is -2.18. The van der Waals surface area contributed by atoms with Crippen molar-refractivity contribution in [3.8, 4) is 0 Å². The minimum Gasteiger partial charge on any atom is -0.336 e. The van der Waals surface area contributed by atoms with E-state index in [1.54, 1.807) is 11.3 Å². The number of piperazine rings is 1. The first kappa shape index (κ1) is 17.2. The molecule has 1 aromatic heterocycles. The van der Waals surface area contributed by atoms with Gasteiger partial charge in [0, 0.05) is 61.8 Å². The SMILES string of the molecule is CC1=NN(c2ccc(C(=O)N3CCN(Cc4cccs4)CC3)cc2)CC1. The first-order valence-corrected chi connectivity index (χ1v) is 10.0. The second-order valence-corrected chi connectivity index (χ2v) is 7.94. The third-order valence-corrected chi connectivity index (χ3v) is 5.87. The minimum atomic E-state index is 0.133. The number of hydrogen-bond acceptors (Lipinski definition) is 5. The molecular weight excluding hydrogens is 344 g/mol. The monoisotopic (exact) mass is 368 g/mol. The fourth-order valence-corrected chi connectivity index (χ4v) is 4.20. The van der Waals surface area contributed by atoms with E-state index in [0.717, 1.165) is 62.7 Å². The van der Waals surface area contributed by atoms with E-state index < -0.39 is 0 Å². The van der Waals surface area contributed by atoms with Gasteiger partial charge < -0.3 is 4.90 Å². The number of benzene rings is 1. The normalized spacial score (nSPS) is 18.3. The zero-order valence-corrected chi connectivity index (χ0v) is 15.9. The van der Waals surface area contributed by atoms with Gasteiger partial charge in [-0.2, -0.15) is 5.10 Å². The van der Waals surface area contributed by atoms with Crippen LogP contribution in [0.25, 0.3) is 0 Å². The van der Waals surface area contributed by atoms with Crippen molar-refractivity contribution < 1.29 is 4.79 Å². The highest BCUT2D eigenvalue weighted by molar-refractivity contribution is 7.09. The standard InChI is InChI=1S/C20H24N4OS/c1-16-8-9-24(21-16)18-6-4-17(5-7-18)20(25)23-12-10-22(11-13-23)15-19-3-2-14-26-19/h2-7,14H,8-13,15H2,1H3. The molecule has 2 aromatic rings. The Labute approximate surface area is 158 Å². The van der Waals surface area contributed by atoms with Gasteiger partial charge in [0.05, 0.1) is 5.69 Å². The van der Waals surface area contributed by atoms with Gasteiger partial charge in [0.15, 0.2) is 0 Å². The molecule has 2 aliphatic heterocycles. The van der Waals surface area contributed by atoms with Crippen molar-refractivity contribution in [3.63, 3.8) is 0 Å². The van der Waals surface area contributed by atoms with Crippen LogP contribution in [0.2, 0.25) is 0 Å². The lowest BCUT2D eigenvalue weighted by atomic mass is 10.1. The molecule has 0 bridgehead atoms. The van der Waals surface area contributed by atoms with Crippen molar-refractivity contribution in [1.82, 2.24) is 9.80 Å². The van der Waals surface area contributed by atoms with Crippen LogP contribution >= 0.6 is 11.3 Å². The van der Waals surface area contributed by atoms with Crippen LogP contribution in [0.4, 0.5) is 5.69 Å². The number of amides is 1. The maximum atomic E-state index is 12.8. The van der Waals surface area contributed by atoms with Gasteiger partial charge in [-0.3, -0.25) is 14.7 Å². The second-order valence-electron chi connectivity index (χ2n) is 6.90. The van der Waals surface area contributed by atoms with E-state index in [1.807, 2.05) is 34.2 Å². The van der Waals surface area contributed by atoms with Crippen LogP contribution in [0.3, 0.4) is 0 Å². The second kappa shape index (κ2) is 7.60. The maximum Gasteiger partial charge on any atom is 0.253 e. The third-order valence-electron chi connectivity index (χ3n) is 5.01. The Balaban J connectivity index is 1.33. The molecule has 0 aliphatic carbocycles. The van der Waals surface area contributed by atoms with Crippen LogP contribution in [-0.2, 0) is 6.54 Å². The molecule has 4 rings (SSSR count). The molecule has 0 atom stereocenters. The van der Waals surface area contributed by atoms with Crippen LogP contribution in [-0.4, -0.2) is 54.1 Å². The summed E-state index contributed by atoms with van der Waals surface area (Å²) in [4.78, 5) is 18.6. The summed E-state index contributed by atoms with van der Waals surface area (Å²) in [5.41, 5.74) is 2.98. The lowest BCUT2D eigenvalue weighted by Gasteiger charge is -2.34. The fourth-order valence-electron chi connectivity index (χ4n) is 3.45. The zero-order chi connectivity index (χ0) is 17.9. The Morgan fingerprint density at radius 1 is 1.08 bits per heavy atom. The topological polar surface area (TPSA) is 39.2 Å². The number of thiophene rings is 1. The maximum absolute atomic E-state index is 12.8. The van der Waals surface area contributed by atoms with Crippen molar-refractivity contribution in [3.05, 3.63) is 52.2 Å². The van der Waals surface area contributed by atoms with E-state index in [2.05, 4.69) is 34.4 Å². The van der Waals surface area contributed by atoms with Crippen LogP contribution in [0, 0.1) is 0 Å². The lowest BCUT2D eigenvalue weighted by Crippen LogP contribution is -2.48. The van der Waals surface area contributed by atoms with Crippen molar-refractivity contribution in [2.45, 2.75) is 19.9 Å². The van der Waals surface area contributed by atoms with Gasteiger partial charge in [-0.1, -0.05) is 6.07 Å². The highest BCUT2D eigenvalue weighted by Gasteiger charge is 2.22. The molecular formula is C20H24N4OS. The van der Waals surface area contributed by atoms with E-state index in [0.29, 0.717) is 0 Å². The van der Waals surface area contributed by atoms with Gasteiger partial charge in [0.1, 0.15) is 0 Å². The molecule has 1 saturated heterocycles. The molecule has 1 aromatic carbocycles. The third kappa shape index (κ3) is 3.81. The number of carbonyl (C=O) groups excluding carboxylic acids is 1. The van der Waals surface area contributed by atoms with Gasteiger partial charge >= 0.3 is 0 Å². The largest absolute Gasteiger partial charge is 0.336 e. The molecule has 0 N–H and O–H groups in total. The molecule has 136 valence electrons. The zero-order valence-electron chi connectivity index (χ0n) is 15.1. The first-order valence-electron chi connectivity index (χ1n) is 9.15. The van der Waals surface area contributed by atoms with Crippen molar-refractivity contribution >= 4 is 28.6 Å². The van der Waals surface area contributed by atoms with Crippen LogP contribution in [0.15, 0.2) is 46.9 Å². The minimum absolute atomic E-state index is 0.133. The van der Waals surface area contributed by atoms with Gasteiger partial charge in [-0.05, 0) is 42.6 Å². The Kier molecular flexibility index (Phi) is 5.04. The molecule has 5 nitrogen and oxygen atoms in total. The number of carbonyl (C=O) groups is 1. The van der Waals surface area contributed by atoms with E-state index in [9.17, 15) is 4.79 Å². The molecule has 0 radical (unpaired) electrons. The summed E-state index contributed by atoms with van der Waals surface area (Å²) in [6.45, 7) is 7.42. The quantitative estimate of drug-likeness (QED) is 0.831. The number of hydrogen-bond donors (Lipinski definition) is 0. The molecule has 1 fully saturated rings. The van der Waals surface area contributed by atoms with Crippen molar-refractivity contribution in [1.29, 1.82) is 0 Å². The van der Waals surface area contributed by atoms with Gasteiger partial charge in [-0.25, -0.2) is 0 Å². The molecule has 6 heteroatoms. The van der Waals surface area contributed by atoms with Crippen LogP contribution in [0.1, 0.15) is 28.6 Å². The first-order chi connectivity index (χ1) is 12.7. The summed E-state index contributed by atoms with van der Waals surface area (Å²) < 4.78 is 0. The molecule has 2 aliphatic rings. The summed E-state index contributed by atoms with van der Waals surface area (Å²) in [7, 11) is 0. The molecule has 1 amide bonds. The Morgan fingerprint density at radius 2 is 1.85 bits per heavy atom. The summed E-state index contributed by atoms with van der Waals surface area (Å²) in [5.74, 6) is 0.133. The highest BCUT2D eigenvalue weighted by atomic mass is 32.1. The van der Waals surface area contributed by atoms with E-state index in [1.165, 1.54) is 4.88 Å². The predicted molar refractivity (Wildman–Crippen MR) is 107 cm³/mol. The Bertz CT molecular complexity index is 777. The van der Waals surface area contributed by atoms with Gasteiger partial charge in [0.25, 0.3) is 5.91 Å². The van der Waals surface area contributed by atoms with E-state index >= 15 is 0 Å². The average Bonchev–Trinajstić information content (AvgIpc) is 3.34. The molecule has 0 saturated carbocycles. The predicted octanol–water partition coefficient (Wildman–Crippen LogP) is 3.29. The number of hydrazone groups is 1. The van der Waals surface area contributed by atoms with E-state index in [-0.39, 0.29) is 5.91 Å². The Morgan fingerprint density at radius 3 is 2.46 bits per heavy atom. The summed E-state index contributed by atoms with van der Waals surface area (Å²) >= 11 is 1.80. The van der Waals surface area contributed by atoms with Gasteiger partial charge in [0.2, 0.25) is 0 Å². The summed E-state index contributed by atoms with van der Waals surface area (Å²) in [5, 5.41) is 8.64. The summed E-state index contributed by atoms with van der Waals surface area (Å²) in [6.07, 6.45) is 1.01. The molecule has 26 heavy (non-hydrogen) atoms.